The van der Waals surface area contributed by atoms with Crippen molar-refractivity contribution in [2.24, 2.45) is 5.73 Å². The number of carbonyl (C=O) groups excluding carboxylic acids is 4. The van der Waals surface area contributed by atoms with E-state index in [1.54, 1.807) is 9.80 Å². The zero-order valence-electron chi connectivity index (χ0n) is 39.2. The number of hydrogen-bond donors (Lipinski definition) is 4. The molecular formula is C45H60F2N10O9S. The van der Waals surface area contributed by atoms with Gasteiger partial charge in [0.05, 0.1) is 36.1 Å². The Morgan fingerprint density at radius 2 is 1.12 bits per heavy atom. The standard InChI is InChI=1S/C22H28FN5O4.C13H12FN3O3S.C10H20N2O2/c1-22(2,3)32-21(30)28-10-8-13(9-11-28)26-20-25-12-14(19(24)27-20)18(29)17-15(23)6-5-7-16(17)31-4;1-20-9-5-3-4-8(14)10(9)11(18)7-6-16-13(21(2)19)17-12(7)15;1-10(2,3)14-9(13)12-6-4-8(11)5-7-12/h5-7,12-13H,8-11H2,1-4H3,(H3,24,25,26,27);3-6H,1-2H3,(H2,15,16,17);8H,4-7,11H2,1-3H3. The lowest BCUT2D eigenvalue weighted by Crippen LogP contribution is -2.44. The first kappa shape index (κ1) is 53.1. The molecule has 7 N–H and O–H groups in total. The number of benzene rings is 2. The Morgan fingerprint density at radius 3 is 1.51 bits per heavy atom. The molecule has 364 valence electrons. The van der Waals surface area contributed by atoms with Crippen molar-refractivity contribution in [2.45, 2.75) is 95.7 Å². The van der Waals surface area contributed by atoms with Gasteiger partial charge in [-0.3, -0.25) is 13.8 Å². The van der Waals surface area contributed by atoms with Crippen molar-refractivity contribution in [1.29, 1.82) is 0 Å². The van der Waals surface area contributed by atoms with Gasteiger partial charge in [0.15, 0.2) is 0 Å². The van der Waals surface area contributed by atoms with E-state index in [-0.39, 0.29) is 80.8 Å². The number of anilines is 3. The number of aromatic nitrogens is 4. The topological polar surface area (TPSA) is 270 Å². The quantitative estimate of drug-likeness (QED) is 0.115. The third-order valence-corrected chi connectivity index (χ3v) is 10.6. The number of nitrogen functional groups attached to an aromatic ring is 2. The number of nitrogens with two attached hydrogens (primary N) is 3. The molecule has 2 aliphatic rings. The van der Waals surface area contributed by atoms with Gasteiger partial charge >= 0.3 is 12.2 Å². The molecule has 4 heterocycles. The van der Waals surface area contributed by atoms with E-state index in [4.69, 9.17) is 36.1 Å². The molecule has 1 atom stereocenters. The molecule has 0 radical (unpaired) electrons. The lowest BCUT2D eigenvalue weighted by atomic mass is 10.0. The summed E-state index contributed by atoms with van der Waals surface area (Å²) in [5, 5.41) is 3.18. The van der Waals surface area contributed by atoms with Crippen LogP contribution in [0.1, 0.15) is 99.1 Å². The lowest BCUT2D eigenvalue weighted by Gasteiger charge is -2.33. The zero-order valence-corrected chi connectivity index (χ0v) is 40.0. The van der Waals surface area contributed by atoms with Gasteiger partial charge < -0.3 is 51.3 Å². The van der Waals surface area contributed by atoms with Crippen molar-refractivity contribution in [3.8, 4) is 11.5 Å². The van der Waals surface area contributed by atoms with Gasteiger partial charge in [-0.2, -0.15) is 4.98 Å². The maximum Gasteiger partial charge on any atom is 0.410 e. The number of piperidine rings is 2. The van der Waals surface area contributed by atoms with E-state index in [0.29, 0.717) is 25.9 Å². The summed E-state index contributed by atoms with van der Waals surface area (Å²) in [7, 11) is 1.25. The van der Waals surface area contributed by atoms with Gasteiger partial charge in [0, 0.05) is 56.9 Å². The van der Waals surface area contributed by atoms with Crippen molar-refractivity contribution < 1.29 is 51.1 Å². The summed E-state index contributed by atoms with van der Waals surface area (Å²) in [4.78, 5) is 68.3. The molecule has 67 heavy (non-hydrogen) atoms. The van der Waals surface area contributed by atoms with Crippen LogP contribution < -0.4 is 32.0 Å². The van der Waals surface area contributed by atoms with Crippen LogP contribution in [0.15, 0.2) is 53.9 Å². The largest absolute Gasteiger partial charge is 0.496 e. The van der Waals surface area contributed by atoms with E-state index in [9.17, 15) is 32.2 Å². The van der Waals surface area contributed by atoms with E-state index in [1.807, 2.05) is 41.5 Å². The Balaban J connectivity index is 0.000000240. The summed E-state index contributed by atoms with van der Waals surface area (Å²) >= 11 is 0. The van der Waals surface area contributed by atoms with Gasteiger partial charge in [-0.25, -0.2) is 33.3 Å². The summed E-state index contributed by atoms with van der Waals surface area (Å²) in [6.45, 7) is 13.6. The molecule has 0 bridgehead atoms. The van der Waals surface area contributed by atoms with E-state index >= 15 is 0 Å². The first-order valence-corrected chi connectivity index (χ1v) is 22.8. The van der Waals surface area contributed by atoms with Crippen molar-refractivity contribution in [1.82, 2.24) is 29.7 Å². The van der Waals surface area contributed by atoms with E-state index in [2.05, 4.69) is 25.3 Å². The molecule has 2 fully saturated rings. The van der Waals surface area contributed by atoms with Crippen molar-refractivity contribution >= 4 is 52.1 Å². The predicted molar refractivity (Wildman–Crippen MR) is 247 cm³/mol. The summed E-state index contributed by atoms with van der Waals surface area (Å²) in [5.41, 5.74) is 15.9. The summed E-state index contributed by atoms with van der Waals surface area (Å²) < 4.78 is 60.1. The number of carbonyl (C=O) groups is 4. The normalized spacial score (nSPS) is 14.9. The number of ketones is 2. The first-order valence-electron chi connectivity index (χ1n) is 21.2. The van der Waals surface area contributed by atoms with Crippen LogP contribution in [0.5, 0.6) is 11.5 Å². The molecule has 2 aliphatic heterocycles. The molecule has 19 nitrogen and oxygen atoms in total. The second kappa shape index (κ2) is 23.3. The average molecular weight is 955 g/mol. The molecule has 0 spiro atoms. The molecule has 1 unspecified atom stereocenters. The lowest BCUT2D eigenvalue weighted by molar-refractivity contribution is 0.0197. The summed E-state index contributed by atoms with van der Waals surface area (Å²) in [6, 6.07) is 8.42. The fraction of sp³-hybridized carbons (Fsp3) is 0.467. The molecule has 4 aromatic rings. The molecular weight excluding hydrogens is 895 g/mol. The van der Waals surface area contributed by atoms with Gasteiger partial charge in [-0.1, -0.05) is 12.1 Å². The highest BCUT2D eigenvalue weighted by molar-refractivity contribution is 7.84. The number of methoxy groups -OCH3 is 2. The van der Waals surface area contributed by atoms with Crippen molar-refractivity contribution in [3.05, 3.63) is 82.7 Å². The third-order valence-electron chi connectivity index (χ3n) is 9.88. The smallest absolute Gasteiger partial charge is 0.410 e. The number of ether oxygens (including phenoxy) is 4. The summed E-state index contributed by atoms with van der Waals surface area (Å²) in [5.74, 6) is -2.58. The molecule has 6 rings (SSSR count). The molecule has 2 saturated heterocycles. The Labute approximate surface area is 390 Å². The molecule has 22 heteroatoms. The van der Waals surface area contributed by atoms with Crippen LogP contribution >= 0.6 is 0 Å². The van der Waals surface area contributed by atoms with Gasteiger partial charge in [0.1, 0.15) is 57.1 Å². The average Bonchev–Trinajstić information content (AvgIpc) is 3.25. The van der Waals surface area contributed by atoms with Crippen molar-refractivity contribution in [3.63, 3.8) is 0 Å². The SMILES string of the molecule is CC(C)(C)OC(=O)N1CCC(N)CC1.COc1cccc(F)c1C(=O)c1cnc(NC2CCN(C(=O)OC(C)(C)C)CC2)nc1N.COc1cccc(F)c1C(=O)c1cnc(S(C)=O)nc1N. The number of amides is 2. The van der Waals surface area contributed by atoms with Gasteiger partial charge in [-0.15, -0.1) is 0 Å². The predicted octanol–water partition coefficient (Wildman–Crippen LogP) is 5.77. The molecule has 0 aliphatic carbocycles. The minimum Gasteiger partial charge on any atom is -0.496 e. The molecule has 0 saturated carbocycles. The number of likely N-dealkylation sites (tertiary alicyclic amines) is 2. The van der Waals surface area contributed by atoms with Crippen LogP contribution in [0.3, 0.4) is 0 Å². The zero-order chi connectivity index (χ0) is 49.8. The highest BCUT2D eigenvalue weighted by atomic mass is 32.2. The van der Waals surface area contributed by atoms with Crippen LogP contribution in [-0.2, 0) is 20.3 Å². The van der Waals surface area contributed by atoms with Crippen LogP contribution in [0, 0.1) is 11.6 Å². The minimum absolute atomic E-state index is 0.00421. The highest BCUT2D eigenvalue weighted by Gasteiger charge is 2.29. The molecule has 2 amide bonds. The Hall–Kier alpha value is -6.55. The third kappa shape index (κ3) is 15.2. The monoisotopic (exact) mass is 954 g/mol. The molecule has 2 aromatic carbocycles. The van der Waals surface area contributed by atoms with Gasteiger partial charge in [0.25, 0.3) is 0 Å². The highest BCUT2D eigenvalue weighted by Crippen LogP contribution is 2.28. The maximum absolute atomic E-state index is 14.2. The van der Waals surface area contributed by atoms with E-state index in [1.165, 1.54) is 57.0 Å². The van der Waals surface area contributed by atoms with Crippen LogP contribution in [0.4, 0.5) is 36.0 Å². The number of hydrogen-bond acceptors (Lipinski definition) is 17. The fourth-order valence-electron chi connectivity index (χ4n) is 6.51. The number of nitrogens with zero attached hydrogens (tertiary/aromatic N) is 6. The van der Waals surface area contributed by atoms with Gasteiger partial charge in [-0.05, 0) is 91.5 Å². The van der Waals surface area contributed by atoms with E-state index < -0.39 is 45.2 Å². The van der Waals surface area contributed by atoms with E-state index in [0.717, 1.165) is 38.2 Å². The fourth-order valence-corrected chi connectivity index (χ4v) is 6.94. The van der Waals surface area contributed by atoms with Crippen LogP contribution in [-0.4, -0.2) is 128 Å². The van der Waals surface area contributed by atoms with Crippen molar-refractivity contribution in [2.75, 3.05) is 63.4 Å². The Kier molecular flexibility index (Phi) is 18.4. The van der Waals surface area contributed by atoms with Crippen LogP contribution in [0.25, 0.3) is 0 Å². The maximum atomic E-state index is 14.2. The van der Waals surface area contributed by atoms with Gasteiger partial charge in [0.2, 0.25) is 22.7 Å². The second-order valence-corrected chi connectivity index (χ2v) is 18.7. The minimum atomic E-state index is -1.43. The molecule has 2 aromatic heterocycles. The number of rotatable bonds is 9. The van der Waals surface area contributed by atoms with Crippen LogP contribution in [0.2, 0.25) is 0 Å². The second-order valence-electron chi connectivity index (χ2n) is 17.4. The Morgan fingerprint density at radius 1 is 0.701 bits per heavy atom. The number of nitrogens with one attached hydrogen (secondary N) is 1. The Bertz CT molecular complexity index is 2420. The first-order chi connectivity index (χ1) is 31.4. The summed E-state index contributed by atoms with van der Waals surface area (Å²) in [6.07, 6.45) is 6.34. The number of halogens is 2.